The van der Waals surface area contributed by atoms with Gasteiger partial charge in [0.05, 0.1) is 6.04 Å². The molecule has 0 fully saturated rings. The minimum atomic E-state index is -5.14. The Labute approximate surface area is 215 Å². The van der Waals surface area contributed by atoms with Crippen LogP contribution in [0.3, 0.4) is 0 Å². The Kier molecular flexibility index (Phi) is 10.2. The van der Waals surface area contributed by atoms with Gasteiger partial charge in [-0.05, 0) is 41.8 Å². The van der Waals surface area contributed by atoms with Crippen LogP contribution in [0.4, 0.5) is 13.2 Å². The summed E-state index contributed by atoms with van der Waals surface area (Å²) in [5.74, 6) is -4.43. The van der Waals surface area contributed by atoms with Crippen LogP contribution < -0.4 is 15.4 Å². The molecule has 0 spiro atoms. The highest BCUT2D eigenvalue weighted by molar-refractivity contribution is 6.34. The largest absolute Gasteiger partial charge is 0.484 e. The van der Waals surface area contributed by atoms with E-state index in [4.69, 9.17) is 39.5 Å². The standard InChI is InChI=1S/C23H22Cl3F3N2O4/c1-12(2)20(21(33)23(27,28)29)31-22(34)18(7-13-3-5-14(24)6-4-13)30-19(32)11-35-17-9-15(25)8-16(26)10-17/h3-6,8-10,12,18,20H,7,11H2,1-2H3,(H,30,32)(H,31,34)/t18?,20-/m0/s1. The molecule has 2 atom stereocenters. The van der Waals surface area contributed by atoms with Crippen LogP contribution in [0.25, 0.3) is 0 Å². The van der Waals surface area contributed by atoms with Gasteiger partial charge < -0.3 is 15.4 Å². The fraction of sp³-hybridized carbons (Fsp3) is 0.348. The molecule has 0 radical (unpaired) electrons. The van der Waals surface area contributed by atoms with Gasteiger partial charge in [-0.3, -0.25) is 14.4 Å². The summed E-state index contributed by atoms with van der Waals surface area (Å²) in [6, 6.07) is 7.50. The molecule has 2 N–H and O–H groups in total. The second-order valence-electron chi connectivity index (χ2n) is 7.94. The zero-order valence-electron chi connectivity index (χ0n) is 18.6. The van der Waals surface area contributed by atoms with Crippen molar-refractivity contribution >= 4 is 52.4 Å². The molecule has 2 rings (SSSR count). The first-order chi connectivity index (χ1) is 16.3. The van der Waals surface area contributed by atoms with Crippen LogP contribution >= 0.6 is 34.8 Å². The molecule has 0 heterocycles. The third-order valence-corrected chi connectivity index (χ3v) is 5.43. The normalized spacial score (nSPS) is 13.2. The second kappa shape index (κ2) is 12.5. The van der Waals surface area contributed by atoms with E-state index in [-0.39, 0.29) is 22.2 Å². The van der Waals surface area contributed by atoms with Crippen molar-refractivity contribution in [2.24, 2.45) is 5.92 Å². The van der Waals surface area contributed by atoms with Crippen molar-refractivity contribution in [2.45, 2.75) is 38.5 Å². The van der Waals surface area contributed by atoms with Gasteiger partial charge >= 0.3 is 6.18 Å². The van der Waals surface area contributed by atoms with Crippen molar-refractivity contribution in [3.63, 3.8) is 0 Å². The van der Waals surface area contributed by atoms with Gasteiger partial charge in [-0.1, -0.05) is 60.8 Å². The van der Waals surface area contributed by atoms with E-state index in [1.165, 1.54) is 32.0 Å². The lowest BCUT2D eigenvalue weighted by Crippen LogP contribution is -2.56. The van der Waals surface area contributed by atoms with Gasteiger partial charge in [0.2, 0.25) is 5.91 Å². The zero-order chi connectivity index (χ0) is 26.3. The Morgan fingerprint density at radius 3 is 2.00 bits per heavy atom. The molecular weight excluding hydrogens is 532 g/mol. The van der Waals surface area contributed by atoms with Crippen molar-refractivity contribution < 1.29 is 32.3 Å². The second-order valence-corrected chi connectivity index (χ2v) is 9.25. The number of nitrogens with one attached hydrogen (secondary N) is 2. The molecule has 2 amide bonds. The maximum Gasteiger partial charge on any atom is 0.452 e. The highest BCUT2D eigenvalue weighted by atomic mass is 35.5. The Bertz CT molecular complexity index is 1040. The Balaban J connectivity index is 2.18. The lowest BCUT2D eigenvalue weighted by molar-refractivity contribution is -0.175. The fourth-order valence-electron chi connectivity index (χ4n) is 3.03. The number of benzene rings is 2. The molecule has 35 heavy (non-hydrogen) atoms. The summed E-state index contributed by atoms with van der Waals surface area (Å²) in [6.07, 6.45) is -5.22. The van der Waals surface area contributed by atoms with Crippen molar-refractivity contribution in [3.8, 4) is 5.75 Å². The molecule has 0 saturated heterocycles. The van der Waals surface area contributed by atoms with Crippen LogP contribution in [0.1, 0.15) is 19.4 Å². The number of hydrogen-bond acceptors (Lipinski definition) is 4. The van der Waals surface area contributed by atoms with E-state index in [0.717, 1.165) is 0 Å². The number of amides is 2. The van der Waals surface area contributed by atoms with Gasteiger partial charge in [0.15, 0.2) is 6.61 Å². The first-order valence-corrected chi connectivity index (χ1v) is 11.4. The average Bonchev–Trinajstić information content (AvgIpc) is 2.75. The van der Waals surface area contributed by atoms with Crippen molar-refractivity contribution in [1.82, 2.24) is 10.6 Å². The van der Waals surface area contributed by atoms with Gasteiger partial charge in [0, 0.05) is 21.5 Å². The number of hydrogen-bond donors (Lipinski definition) is 2. The van der Waals surface area contributed by atoms with Gasteiger partial charge in [-0.2, -0.15) is 13.2 Å². The van der Waals surface area contributed by atoms with Crippen LogP contribution in [-0.2, 0) is 20.8 Å². The van der Waals surface area contributed by atoms with Gasteiger partial charge in [0.1, 0.15) is 11.8 Å². The third-order valence-electron chi connectivity index (χ3n) is 4.74. The number of carbonyl (C=O) groups excluding carboxylic acids is 3. The maximum atomic E-state index is 13.0. The van der Waals surface area contributed by atoms with Crippen LogP contribution in [0, 0.1) is 5.92 Å². The van der Waals surface area contributed by atoms with E-state index in [9.17, 15) is 27.6 Å². The lowest BCUT2D eigenvalue weighted by Gasteiger charge is -2.25. The van der Waals surface area contributed by atoms with Crippen LogP contribution in [0.15, 0.2) is 42.5 Å². The van der Waals surface area contributed by atoms with Crippen LogP contribution in [0.2, 0.25) is 15.1 Å². The molecule has 1 unspecified atom stereocenters. The monoisotopic (exact) mass is 552 g/mol. The quantitative estimate of drug-likeness (QED) is 0.433. The van der Waals surface area contributed by atoms with Crippen molar-refractivity contribution in [1.29, 1.82) is 0 Å². The third kappa shape index (κ3) is 9.23. The molecule has 190 valence electrons. The topological polar surface area (TPSA) is 84.5 Å². The maximum absolute atomic E-state index is 13.0. The number of halogens is 6. The highest BCUT2D eigenvalue weighted by Crippen LogP contribution is 2.24. The predicted octanol–water partition coefficient (Wildman–Crippen LogP) is 5.03. The number of rotatable bonds is 10. The molecule has 0 saturated carbocycles. The van der Waals surface area contributed by atoms with Gasteiger partial charge in [-0.25, -0.2) is 0 Å². The van der Waals surface area contributed by atoms with Crippen molar-refractivity contribution in [2.75, 3.05) is 6.61 Å². The van der Waals surface area contributed by atoms with E-state index in [1.807, 2.05) is 0 Å². The summed E-state index contributed by atoms with van der Waals surface area (Å²) in [5, 5.41) is 5.55. The minimum Gasteiger partial charge on any atom is -0.484 e. The first kappa shape index (κ1) is 28.7. The first-order valence-electron chi connectivity index (χ1n) is 10.3. The van der Waals surface area contributed by atoms with E-state index in [0.29, 0.717) is 10.6 Å². The molecule has 0 aliphatic heterocycles. The molecule has 0 aromatic heterocycles. The minimum absolute atomic E-state index is 0.0806. The van der Waals surface area contributed by atoms with Crippen molar-refractivity contribution in [3.05, 3.63) is 63.1 Å². The number of Topliss-reactive ketones (excluding diaryl/α,β-unsaturated/α-hetero) is 1. The van der Waals surface area contributed by atoms with E-state index >= 15 is 0 Å². The summed E-state index contributed by atoms with van der Waals surface area (Å²) in [6.45, 7) is 2.20. The van der Waals surface area contributed by atoms with Gasteiger partial charge in [0.25, 0.3) is 11.7 Å². The zero-order valence-corrected chi connectivity index (χ0v) is 20.9. The number of ether oxygens (including phenoxy) is 1. The summed E-state index contributed by atoms with van der Waals surface area (Å²) in [4.78, 5) is 37.2. The SMILES string of the molecule is CC(C)[C@H](NC(=O)C(Cc1ccc(Cl)cc1)NC(=O)COc1cc(Cl)cc(Cl)c1)C(=O)C(F)(F)F. The van der Waals surface area contributed by atoms with Gasteiger partial charge in [-0.15, -0.1) is 0 Å². The molecule has 6 nitrogen and oxygen atoms in total. The molecule has 0 aliphatic carbocycles. The molecule has 2 aromatic carbocycles. The summed E-state index contributed by atoms with van der Waals surface area (Å²) in [7, 11) is 0. The summed E-state index contributed by atoms with van der Waals surface area (Å²) < 4.78 is 44.4. The molecule has 0 aliphatic rings. The predicted molar refractivity (Wildman–Crippen MR) is 127 cm³/mol. The van der Waals surface area contributed by atoms with Crippen LogP contribution in [0.5, 0.6) is 5.75 Å². The summed E-state index contributed by atoms with van der Waals surface area (Å²) in [5.41, 5.74) is 0.570. The lowest BCUT2D eigenvalue weighted by atomic mass is 9.98. The summed E-state index contributed by atoms with van der Waals surface area (Å²) >= 11 is 17.6. The number of ketones is 1. The van der Waals surface area contributed by atoms with E-state index in [2.05, 4.69) is 10.6 Å². The Hall–Kier alpha value is -2.49. The number of alkyl halides is 3. The molecule has 12 heteroatoms. The van der Waals surface area contributed by atoms with E-state index in [1.54, 1.807) is 24.3 Å². The molecule has 2 aromatic rings. The van der Waals surface area contributed by atoms with Crippen LogP contribution in [-0.4, -0.2) is 42.5 Å². The fourth-order valence-corrected chi connectivity index (χ4v) is 3.66. The number of carbonyl (C=O) groups is 3. The molecular formula is C23H22Cl3F3N2O4. The van der Waals surface area contributed by atoms with E-state index < -0.39 is 48.4 Å². The average molecular weight is 554 g/mol. The Morgan fingerprint density at radius 2 is 1.49 bits per heavy atom. The highest BCUT2D eigenvalue weighted by Gasteiger charge is 2.45. The smallest absolute Gasteiger partial charge is 0.452 e. The Morgan fingerprint density at radius 1 is 0.914 bits per heavy atom. The molecule has 0 bridgehead atoms.